The van der Waals surface area contributed by atoms with Gasteiger partial charge in [-0.2, -0.15) is 0 Å². The van der Waals surface area contributed by atoms with Crippen LogP contribution >= 0.6 is 12.2 Å². The maximum atomic E-state index is 11.5. The van der Waals surface area contributed by atoms with E-state index in [1.165, 1.54) is 6.92 Å². The molecule has 31 heavy (non-hydrogen) atoms. The van der Waals surface area contributed by atoms with Crippen molar-refractivity contribution in [1.82, 2.24) is 10.6 Å². The number of benzene rings is 2. The van der Waals surface area contributed by atoms with Gasteiger partial charge in [0.15, 0.2) is 10.8 Å². The Balaban J connectivity index is 1.84. The highest BCUT2D eigenvalue weighted by Crippen LogP contribution is 2.49. The Morgan fingerprint density at radius 3 is 2.48 bits per heavy atom. The SMILES string of the molecule is COc1ccc([C@@H]2C[C@@]3(CC(C)(C)NC(=S)N3)Oc3cc(OC(C)=O)cc(C)c32)cc1. The van der Waals surface area contributed by atoms with Gasteiger partial charge in [-0.1, -0.05) is 12.1 Å². The number of ether oxygens (including phenoxy) is 3. The molecule has 1 spiro atoms. The van der Waals surface area contributed by atoms with Gasteiger partial charge < -0.3 is 24.8 Å². The molecular formula is C24H28N2O4S. The molecule has 1 saturated heterocycles. The highest BCUT2D eigenvalue weighted by Gasteiger charge is 2.49. The van der Waals surface area contributed by atoms with Crippen molar-refractivity contribution in [1.29, 1.82) is 0 Å². The lowest BCUT2D eigenvalue weighted by atomic mass is 9.76. The number of hydrogen-bond donors (Lipinski definition) is 2. The monoisotopic (exact) mass is 440 g/mol. The van der Waals surface area contributed by atoms with Gasteiger partial charge >= 0.3 is 5.97 Å². The lowest BCUT2D eigenvalue weighted by Gasteiger charge is -2.50. The molecule has 2 N–H and O–H groups in total. The Hall–Kier alpha value is -2.80. The average Bonchev–Trinajstić information content (AvgIpc) is 2.64. The zero-order valence-electron chi connectivity index (χ0n) is 18.5. The van der Waals surface area contributed by atoms with Gasteiger partial charge in [-0.25, -0.2) is 0 Å². The molecule has 164 valence electrons. The van der Waals surface area contributed by atoms with E-state index in [2.05, 4.69) is 36.6 Å². The number of esters is 1. The molecule has 2 heterocycles. The van der Waals surface area contributed by atoms with Crippen molar-refractivity contribution in [3.63, 3.8) is 0 Å². The van der Waals surface area contributed by atoms with Crippen LogP contribution in [0, 0.1) is 6.92 Å². The Morgan fingerprint density at radius 2 is 1.87 bits per heavy atom. The molecule has 0 aliphatic carbocycles. The van der Waals surface area contributed by atoms with E-state index in [0.717, 1.165) is 22.4 Å². The molecule has 0 radical (unpaired) electrons. The zero-order chi connectivity index (χ0) is 22.4. The van der Waals surface area contributed by atoms with E-state index in [-0.39, 0.29) is 17.4 Å². The molecular weight excluding hydrogens is 412 g/mol. The molecule has 7 heteroatoms. The standard InChI is InChI=1S/C24H28N2O4S/c1-14-10-18(29-15(2)27)11-20-21(14)19(16-6-8-17(28-5)9-7-16)12-24(30-20)13-23(3,4)25-22(31)26-24/h6-11,19H,12-13H2,1-5H3,(H2,25,26,31)/t19-,24-/m0/s1. The van der Waals surface area contributed by atoms with Crippen LogP contribution in [0.2, 0.25) is 0 Å². The molecule has 2 aliphatic heterocycles. The van der Waals surface area contributed by atoms with E-state index >= 15 is 0 Å². The molecule has 2 atom stereocenters. The molecule has 0 aromatic heterocycles. The molecule has 2 aromatic carbocycles. The summed E-state index contributed by atoms with van der Waals surface area (Å²) < 4.78 is 17.3. The van der Waals surface area contributed by atoms with Gasteiger partial charge in [0.1, 0.15) is 17.2 Å². The summed E-state index contributed by atoms with van der Waals surface area (Å²) in [6.45, 7) is 7.65. The topological polar surface area (TPSA) is 68.8 Å². The molecule has 0 saturated carbocycles. The first-order valence-electron chi connectivity index (χ1n) is 10.4. The van der Waals surface area contributed by atoms with Gasteiger partial charge in [-0.15, -0.1) is 0 Å². The number of nitrogens with one attached hydrogen (secondary N) is 2. The summed E-state index contributed by atoms with van der Waals surface area (Å²) in [6, 6.07) is 11.8. The van der Waals surface area contributed by atoms with Gasteiger partial charge in [-0.3, -0.25) is 4.79 Å². The molecule has 0 amide bonds. The first kappa shape index (κ1) is 21.4. The Labute approximate surface area is 188 Å². The lowest BCUT2D eigenvalue weighted by Crippen LogP contribution is -2.69. The van der Waals surface area contributed by atoms with Crippen molar-refractivity contribution in [2.24, 2.45) is 0 Å². The summed E-state index contributed by atoms with van der Waals surface area (Å²) in [4.78, 5) is 11.5. The highest BCUT2D eigenvalue weighted by molar-refractivity contribution is 7.80. The first-order chi connectivity index (χ1) is 14.6. The van der Waals surface area contributed by atoms with Crippen LogP contribution in [0.15, 0.2) is 36.4 Å². The van der Waals surface area contributed by atoms with Crippen LogP contribution in [0.1, 0.15) is 56.2 Å². The first-order valence-corrected chi connectivity index (χ1v) is 10.8. The minimum atomic E-state index is -0.676. The number of methoxy groups -OCH3 is 1. The van der Waals surface area contributed by atoms with Crippen molar-refractivity contribution in [3.8, 4) is 17.2 Å². The zero-order valence-corrected chi connectivity index (χ0v) is 19.3. The summed E-state index contributed by atoms with van der Waals surface area (Å²) in [5.41, 5.74) is 2.37. The second-order valence-corrected chi connectivity index (χ2v) is 9.42. The third kappa shape index (κ3) is 4.32. The van der Waals surface area contributed by atoms with Gasteiger partial charge in [-0.05, 0) is 62.3 Å². The Bertz CT molecular complexity index is 1030. The second-order valence-electron chi connectivity index (χ2n) is 9.01. The van der Waals surface area contributed by atoms with Crippen molar-refractivity contribution in [2.75, 3.05) is 7.11 Å². The molecule has 0 bridgehead atoms. The summed E-state index contributed by atoms with van der Waals surface area (Å²) in [5, 5.41) is 7.29. The number of carbonyl (C=O) groups excluding carboxylic acids is 1. The predicted molar refractivity (Wildman–Crippen MR) is 123 cm³/mol. The normalized spacial score (nSPS) is 23.8. The number of carbonyl (C=O) groups is 1. The predicted octanol–water partition coefficient (Wildman–Crippen LogP) is 4.19. The maximum Gasteiger partial charge on any atom is 0.308 e. The summed E-state index contributed by atoms with van der Waals surface area (Å²) in [5.74, 6) is 1.71. The minimum absolute atomic E-state index is 0.0743. The molecule has 2 aromatic rings. The van der Waals surface area contributed by atoms with E-state index in [9.17, 15) is 4.79 Å². The summed E-state index contributed by atoms with van der Waals surface area (Å²) >= 11 is 5.52. The van der Waals surface area contributed by atoms with Crippen LogP contribution in [0.3, 0.4) is 0 Å². The third-order valence-corrected chi connectivity index (χ3v) is 6.01. The third-order valence-electron chi connectivity index (χ3n) is 5.81. The van der Waals surface area contributed by atoms with Crippen molar-refractivity contribution in [2.45, 2.75) is 57.7 Å². The molecule has 6 nitrogen and oxygen atoms in total. The number of hydrogen-bond acceptors (Lipinski definition) is 5. The van der Waals surface area contributed by atoms with Gasteiger partial charge in [0.25, 0.3) is 0 Å². The lowest BCUT2D eigenvalue weighted by molar-refractivity contribution is -0.131. The van der Waals surface area contributed by atoms with E-state index in [4.69, 9.17) is 26.4 Å². The maximum absolute atomic E-state index is 11.5. The van der Waals surface area contributed by atoms with Crippen LogP contribution in [-0.2, 0) is 4.79 Å². The summed E-state index contributed by atoms with van der Waals surface area (Å²) in [6.07, 6.45) is 1.43. The summed E-state index contributed by atoms with van der Waals surface area (Å²) in [7, 11) is 1.66. The van der Waals surface area contributed by atoms with Crippen LogP contribution < -0.4 is 24.8 Å². The number of fused-ring (bicyclic) bond motifs is 1. The number of aryl methyl sites for hydroxylation is 1. The van der Waals surface area contributed by atoms with Gasteiger partial charge in [0, 0.05) is 42.9 Å². The molecule has 1 fully saturated rings. The largest absolute Gasteiger partial charge is 0.497 e. The molecule has 4 rings (SSSR count). The fourth-order valence-electron chi connectivity index (χ4n) is 4.83. The smallest absolute Gasteiger partial charge is 0.308 e. The van der Waals surface area contributed by atoms with E-state index in [1.807, 2.05) is 25.1 Å². The van der Waals surface area contributed by atoms with E-state index < -0.39 is 5.72 Å². The van der Waals surface area contributed by atoms with Gasteiger partial charge in [0.05, 0.1) is 7.11 Å². The van der Waals surface area contributed by atoms with Crippen LogP contribution in [0.4, 0.5) is 0 Å². The fourth-order valence-corrected chi connectivity index (χ4v) is 5.29. The number of rotatable bonds is 3. The minimum Gasteiger partial charge on any atom is -0.497 e. The van der Waals surface area contributed by atoms with Crippen LogP contribution in [-0.4, -0.2) is 29.5 Å². The van der Waals surface area contributed by atoms with Gasteiger partial charge in [0.2, 0.25) is 0 Å². The molecule has 0 unspecified atom stereocenters. The number of thiocarbonyl (C=S) groups is 1. The van der Waals surface area contributed by atoms with E-state index in [1.54, 1.807) is 13.2 Å². The Morgan fingerprint density at radius 1 is 1.16 bits per heavy atom. The van der Waals surface area contributed by atoms with E-state index in [0.29, 0.717) is 29.5 Å². The second kappa shape index (κ2) is 7.71. The van der Waals surface area contributed by atoms with Crippen LogP contribution in [0.25, 0.3) is 0 Å². The van der Waals surface area contributed by atoms with Crippen molar-refractivity contribution < 1.29 is 19.0 Å². The molecule has 2 aliphatic rings. The van der Waals surface area contributed by atoms with Crippen molar-refractivity contribution in [3.05, 3.63) is 53.1 Å². The fraction of sp³-hybridized carbons (Fsp3) is 0.417. The average molecular weight is 441 g/mol. The Kier molecular flexibility index (Phi) is 5.33. The quantitative estimate of drug-likeness (QED) is 0.421. The van der Waals surface area contributed by atoms with Crippen LogP contribution in [0.5, 0.6) is 17.2 Å². The highest BCUT2D eigenvalue weighted by atomic mass is 32.1. The van der Waals surface area contributed by atoms with Crippen molar-refractivity contribution >= 4 is 23.3 Å².